The molecule has 0 bridgehead atoms. The van der Waals surface area contributed by atoms with Gasteiger partial charge in [-0.1, -0.05) is 32.6 Å². The predicted molar refractivity (Wildman–Crippen MR) is 102 cm³/mol. The molecule has 7 nitrogen and oxygen atoms in total. The molecule has 0 amide bonds. The number of hydrogen-bond acceptors (Lipinski definition) is 7. The predicted octanol–water partition coefficient (Wildman–Crippen LogP) is 2.11. The van der Waals surface area contributed by atoms with E-state index in [1.54, 1.807) is 0 Å². The number of carbonyl (C=O) groups excluding carboxylic acids is 1. The van der Waals surface area contributed by atoms with Crippen LogP contribution in [0.25, 0.3) is 0 Å². The zero-order valence-electron chi connectivity index (χ0n) is 17.0. The van der Waals surface area contributed by atoms with E-state index in [1.807, 2.05) is 0 Å². The van der Waals surface area contributed by atoms with Crippen molar-refractivity contribution in [1.82, 2.24) is 0 Å². The molecule has 0 aromatic heterocycles. The Balaban J connectivity index is 1.08. The zero-order chi connectivity index (χ0) is 19.9. The fourth-order valence-electron chi connectivity index (χ4n) is 3.90. The fourth-order valence-corrected chi connectivity index (χ4v) is 3.90. The van der Waals surface area contributed by atoms with Crippen molar-refractivity contribution in [2.75, 3.05) is 13.2 Å². The summed E-state index contributed by atoms with van der Waals surface area (Å²) in [6.45, 7) is 1.65. The highest BCUT2D eigenvalue weighted by atomic mass is 16.6. The van der Waals surface area contributed by atoms with Gasteiger partial charge in [-0.2, -0.15) is 0 Å². The number of esters is 1. The van der Waals surface area contributed by atoms with Gasteiger partial charge in [0.25, 0.3) is 0 Å². The number of aliphatic hydroxyl groups excluding tert-OH is 2. The van der Waals surface area contributed by atoms with Gasteiger partial charge >= 0.3 is 5.97 Å². The number of aliphatic hydroxyl groups is 2. The molecule has 0 aliphatic carbocycles. The molecule has 162 valence electrons. The Morgan fingerprint density at radius 2 is 1.46 bits per heavy atom. The van der Waals surface area contributed by atoms with Crippen molar-refractivity contribution in [3.8, 4) is 0 Å². The molecule has 7 unspecified atom stereocenters. The molecule has 7 heteroatoms. The molecule has 28 heavy (non-hydrogen) atoms. The summed E-state index contributed by atoms with van der Waals surface area (Å²) in [7, 11) is 0. The molecule has 0 aromatic rings. The molecule has 0 radical (unpaired) electrons. The number of ether oxygens (including phenoxy) is 4. The van der Waals surface area contributed by atoms with Gasteiger partial charge in [0.15, 0.2) is 0 Å². The number of unbranched alkanes of at least 4 members (excludes halogenated alkanes) is 4. The lowest BCUT2D eigenvalue weighted by atomic mass is 10.0. The van der Waals surface area contributed by atoms with Crippen molar-refractivity contribution in [1.29, 1.82) is 0 Å². The first-order valence-corrected chi connectivity index (χ1v) is 11.0. The molecule has 7 atom stereocenters. The summed E-state index contributed by atoms with van der Waals surface area (Å²) in [5.74, 6) is -0.305. The Kier molecular flexibility index (Phi) is 8.53. The second-order valence-corrected chi connectivity index (χ2v) is 8.34. The van der Waals surface area contributed by atoms with Gasteiger partial charge in [-0.15, -0.1) is 0 Å². The molecule has 3 rings (SSSR count). The molecule has 3 heterocycles. The standard InChI is InChI=1S/C21H36O7/c1-2-15-17(26-15)10-19-20(28-19)11-18-16(27-18)8-6-4-3-5-7-9-21(24)25-13-14(23)12-22/h14-20,22-23H,2-13H2,1H3. The average molecular weight is 401 g/mol. The van der Waals surface area contributed by atoms with Gasteiger partial charge in [0.2, 0.25) is 0 Å². The van der Waals surface area contributed by atoms with E-state index in [1.165, 1.54) is 0 Å². The van der Waals surface area contributed by atoms with E-state index in [0.717, 1.165) is 57.8 Å². The van der Waals surface area contributed by atoms with E-state index < -0.39 is 6.10 Å². The third-order valence-electron chi connectivity index (χ3n) is 5.91. The molecule has 3 aliphatic rings. The second-order valence-electron chi connectivity index (χ2n) is 8.34. The molecule has 3 fully saturated rings. The number of epoxide rings is 3. The molecular formula is C21H36O7. The summed E-state index contributed by atoms with van der Waals surface area (Å²) in [6, 6.07) is 0. The van der Waals surface area contributed by atoms with Gasteiger partial charge in [0.05, 0.1) is 43.2 Å². The van der Waals surface area contributed by atoms with Crippen LogP contribution in [0.5, 0.6) is 0 Å². The summed E-state index contributed by atoms with van der Waals surface area (Å²) >= 11 is 0. The third-order valence-corrected chi connectivity index (χ3v) is 5.91. The number of carbonyl (C=O) groups is 1. The van der Waals surface area contributed by atoms with Crippen molar-refractivity contribution in [3.63, 3.8) is 0 Å². The topological polar surface area (TPSA) is 104 Å². The molecule has 0 spiro atoms. The van der Waals surface area contributed by atoms with Crippen LogP contribution in [0.1, 0.15) is 71.1 Å². The smallest absolute Gasteiger partial charge is 0.305 e. The van der Waals surface area contributed by atoms with Crippen LogP contribution >= 0.6 is 0 Å². The summed E-state index contributed by atoms with van der Waals surface area (Å²) in [6.07, 6.45) is 11.4. The quantitative estimate of drug-likeness (QED) is 0.232. The van der Waals surface area contributed by atoms with Crippen molar-refractivity contribution in [2.45, 2.75) is 114 Å². The van der Waals surface area contributed by atoms with Crippen LogP contribution < -0.4 is 0 Å². The maximum atomic E-state index is 11.4. The summed E-state index contributed by atoms with van der Waals surface area (Å²) in [4.78, 5) is 11.4. The summed E-state index contributed by atoms with van der Waals surface area (Å²) < 4.78 is 22.0. The number of rotatable bonds is 16. The second kappa shape index (κ2) is 10.9. The van der Waals surface area contributed by atoms with E-state index >= 15 is 0 Å². The third kappa shape index (κ3) is 7.59. The Labute approximate surface area is 167 Å². The first-order chi connectivity index (χ1) is 13.6. The van der Waals surface area contributed by atoms with Crippen LogP contribution in [0.3, 0.4) is 0 Å². The highest BCUT2D eigenvalue weighted by molar-refractivity contribution is 5.69. The largest absolute Gasteiger partial charge is 0.463 e. The Morgan fingerprint density at radius 3 is 2.14 bits per heavy atom. The van der Waals surface area contributed by atoms with Gasteiger partial charge in [0, 0.05) is 19.3 Å². The highest BCUT2D eigenvalue weighted by Crippen LogP contribution is 2.41. The molecule has 2 N–H and O–H groups in total. The van der Waals surface area contributed by atoms with Gasteiger partial charge in [-0.05, 0) is 19.3 Å². The minimum absolute atomic E-state index is 0.127. The van der Waals surface area contributed by atoms with Crippen molar-refractivity contribution in [3.05, 3.63) is 0 Å². The minimum Gasteiger partial charge on any atom is -0.463 e. The highest BCUT2D eigenvalue weighted by Gasteiger charge is 2.51. The van der Waals surface area contributed by atoms with Crippen LogP contribution in [-0.4, -0.2) is 72.1 Å². The van der Waals surface area contributed by atoms with Gasteiger partial charge < -0.3 is 29.2 Å². The lowest BCUT2D eigenvalue weighted by molar-refractivity contribution is -0.147. The first kappa shape index (κ1) is 22.0. The van der Waals surface area contributed by atoms with E-state index in [2.05, 4.69) is 6.92 Å². The Morgan fingerprint density at radius 1 is 0.893 bits per heavy atom. The molecule has 3 saturated heterocycles. The SMILES string of the molecule is CCC1OC1CC1OC1CC1OC1CCCCCCCC(=O)OCC(O)CO. The zero-order valence-corrected chi connectivity index (χ0v) is 17.0. The molecule has 3 aliphatic heterocycles. The van der Waals surface area contributed by atoms with E-state index in [4.69, 9.17) is 29.2 Å². The minimum atomic E-state index is -0.976. The van der Waals surface area contributed by atoms with Gasteiger partial charge in [0.1, 0.15) is 12.7 Å². The maximum Gasteiger partial charge on any atom is 0.305 e. The number of hydrogen-bond donors (Lipinski definition) is 2. The van der Waals surface area contributed by atoms with Crippen LogP contribution in [0, 0.1) is 0 Å². The fraction of sp³-hybridized carbons (Fsp3) is 0.952. The Bertz CT molecular complexity index is 485. The lowest BCUT2D eigenvalue weighted by Crippen LogP contribution is -2.21. The first-order valence-electron chi connectivity index (χ1n) is 11.0. The van der Waals surface area contributed by atoms with Crippen LogP contribution in [0.2, 0.25) is 0 Å². The van der Waals surface area contributed by atoms with Crippen molar-refractivity contribution in [2.24, 2.45) is 0 Å². The molecule has 0 saturated carbocycles. The average Bonchev–Trinajstić information content (AvgIpc) is 3.60. The lowest BCUT2D eigenvalue weighted by Gasteiger charge is -2.08. The Hall–Kier alpha value is -0.730. The normalized spacial score (nSPS) is 34.1. The molecular weight excluding hydrogens is 364 g/mol. The molecule has 0 aromatic carbocycles. The van der Waals surface area contributed by atoms with Crippen molar-refractivity contribution >= 4 is 5.97 Å². The van der Waals surface area contributed by atoms with Gasteiger partial charge in [-0.3, -0.25) is 4.79 Å². The van der Waals surface area contributed by atoms with E-state index in [-0.39, 0.29) is 19.2 Å². The van der Waals surface area contributed by atoms with Crippen LogP contribution in [0.15, 0.2) is 0 Å². The monoisotopic (exact) mass is 400 g/mol. The van der Waals surface area contributed by atoms with Crippen LogP contribution in [0.4, 0.5) is 0 Å². The van der Waals surface area contributed by atoms with E-state index in [9.17, 15) is 4.79 Å². The summed E-state index contributed by atoms with van der Waals surface area (Å²) in [5.41, 5.74) is 0. The van der Waals surface area contributed by atoms with Crippen molar-refractivity contribution < 1.29 is 34.0 Å². The maximum absolute atomic E-state index is 11.4. The van der Waals surface area contributed by atoms with Crippen LogP contribution in [-0.2, 0) is 23.7 Å². The van der Waals surface area contributed by atoms with Gasteiger partial charge in [-0.25, -0.2) is 0 Å². The summed E-state index contributed by atoms with van der Waals surface area (Å²) in [5, 5.41) is 17.8. The van der Waals surface area contributed by atoms with E-state index in [0.29, 0.717) is 43.0 Å².